The number of halogens is 1. The molecule has 8 heteroatoms. The predicted molar refractivity (Wildman–Crippen MR) is 105 cm³/mol. The second-order valence-electron chi connectivity index (χ2n) is 5.37. The molecule has 2 aromatic rings. The summed E-state index contributed by atoms with van der Waals surface area (Å²) in [6.07, 6.45) is 1.24. The van der Waals surface area contributed by atoms with Gasteiger partial charge in [-0.15, -0.1) is 0 Å². The van der Waals surface area contributed by atoms with Gasteiger partial charge in [-0.3, -0.25) is 19.9 Å². The number of carbonyl (C=O) groups excluding carboxylic acids is 3. The van der Waals surface area contributed by atoms with Crippen LogP contribution in [-0.2, 0) is 9.59 Å². The number of ether oxygens (including phenoxy) is 1. The van der Waals surface area contributed by atoms with Gasteiger partial charge in [0.2, 0.25) is 5.91 Å². The zero-order valence-electron chi connectivity index (χ0n) is 13.7. The monoisotopic (exact) mass is 463 g/mol. The van der Waals surface area contributed by atoms with Gasteiger partial charge in [0.15, 0.2) is 5.92 Å². The zero-order chi connectivity index (χ0) is 18.7. The van der Waals surface area contributed by atoms with E-state index < -0.39 is 23.8 Å². The summed E-state index contributed by atoms with van der Waals surface area (Å²) in [7, 11) is 1.44. The van der Waals surface area contributed by atoms with Crippen molar-refractivity contribution in [2.24, 2.45) is 10.9 Å². The van der Waals surface area contributed by atoms with Crippen LogP contribution in [0.15, 0.2) is 53.5 Å². The molecule has 3 rings (SSSR count). The topological polar surface area (TPSA) is 88.1 Å². The van der Waals surface area contributed by atoms with Crippen LogP contribution in [0.4, 0.5) is 16.2 Å². The minimum absolute atomic E-state index is 0.262. The number of aliphatic imine (C=N–C) groups is 1. The largest absolute Gasteiger partial charge is 0.495 e. The third-order valence-corrected chi connectivity index (χ3v) is 4.45. The summed E-state index contributed by atoms with van der Waals surface area (Å²) in [6, 6.07) is 13.0. The van der Waals surface area contributed by atoms with Crippen LogP contribution in [0.5, 0.6) is 5.75 Å². The molecule has 132 valence electrons. The van der Waals surface area contributed by atoms with E-state index >= 15 is 0 Å². The van der Waals surface area contributed by atoms with Crippen molar-refractivity contribution in [2.75, 3.05) is 12.0 Å². The van der Waals surface area contributed by atoms with Gasteiger partial charge in [-0.25, -0.2) is 9.69 Å². The van der Waals surface area contributed by atoms with E-state index in [-0.39, 0.29) is 5.69 Å². The maximum absolute atomic E-state index is 12.8. The van der Waals surface area contributed by atoms with Crippen LogP contribution in [0.2, 0.25) is 0 Å². The molecule has 1 aliphatic rings. The first-order valence-electron chi connectivity index (χ1n) is 7.63. The number of hydrogen-bond donors (Lipinski definition) is 1. The van der Waals surface area contributed by atoms with Crippen molar-refractivity contribution in [1.29, 1.82) is 0 Å². The van der Waals surface area contributed by atoms with Crippen molar-refractivity contribution < 1.29 is 19.1 Å². The van der Waals surface area contributed by atoms with E-state index in [2.05, 4.69) is 32.9 Å². The number of rotatable bonds is 4. The molecule has 7 nitrogen and oxygen atoms in total. The van der Waals surface area contributed by atoms with Gasteiger partial charge in [-0.1, -0.05) is 12.1 Å². The number of imide groups is 2. The van der Waals surface area contributed by atoms with Crippen LogP contribution in [0.1, 0.15) is 0 Å². The average Bonchev–Trinajstić information content (AvgIpc) is 2.63. The molecule has 0 aromatic heterocycles. The van der Waals surface area contributed by atoms with Crippen LogP contribution in [0.3, 0.4) is 0 Å². The molecule has 26 heavy (non-hydrogen) atoms. The third kappa shape index (κ3) is 3.59. The summed E-state index contributed by atoms with van der Waals surface area (Å²) in [6.45, 7) is 0. The fourth-order valence-electron chi connectivity index (χ4n) is 2.45. The Hall–Kier alpha value is -2.75. The van der Waals surface area contributed by atoms with Crippen molar-refractivity contribution in [2.45, 2.75) is 0 Å². The summed E-state index contributed by atoms with van der Waals surface area (Å²) in [5.41, 5.74) is 0.865. The Morgan fingerprint density at radius 1 is 1.12 bits per heavy atom. The van der Waals surface area contributed by atoms with Gasteiger partial charge in [0.25, 0.3) is 5.91 Å². The van der Waals surface area contributed by atoms with Crippen LogP contribution in [0.25, 0.3) is 0 Å². The van der Waals surface area contributed by atoms with Gasteiger partial charge in [0, 0.05) is 9.78 Å². The molecule has 0 unspecified atom stereocenters. The third-order valence-electron chi connectivity index (χ3n) is 3.73. The molecule has 1 N–H and O–H groups in total. The van der Waals surface area contributed by atoms with Crippen LogP contribution in [0, 0.1) is 9.49 Å². The lowest BCUT2D eigenvalue weighted by Crippen LogP contribution is -2.58. The number of carbonyl (C=O) groups is 3. The molecule has 0 spiro atoms. The van der Waals surface area contributed by atoms with E-state index in [1.54, 1.807) is 36.4 Å². The fourth-order valence-corrected chi connectivity index (χ4v) is 2.81. The molecule has 0 aliphatic carbocycles. The standard InChI is InChI=1S/C18H14IN3O4/c1-26-15-5-3-2-4-14(15)22-17(24)13(16(23)21-18(22)25)10-20-12-8-6-11(19)7-9-12/h2-10,13H,1H3,(H,21,23,25)/t13-/m0/s1. The van der Waals surface area contributed by atoms with Crippen LogP contribution in [-0.4, -0.2) is 31.2 Å². The van der Waals surface area contributed by atoms with Crippen molar-refractivity contribution >= 4 is 58.0 Å². The number of benzene rings is 2. The van der Waals surface area contributed by atoms with Crippen LogP contribution < -0.4 is 15.0 Å². The number of amides is 4. The number of nitrogens with zero attached hydrogens (tertiary/aromatic N) is 2. The average molecular weight is 463 g/mol. The van der Waals surface area contributed by atoms with E-state index in [0.29, 0.717) is 11.4 Å². The summed E-state index contributed by atoms with van der Waals surface area (Å²) < 4.78 is 6.25. The second-order valence-corrected chi connectivity index (χ2v) is 6.62. The summed E-state index contributed by atoms with van der Waals surface area (Å²) in [5, 5.41) is 2.18. The van der Waals surface area contributed by atoms with Gasteiger partial charge >= 0.3 is 6.03 Å². The first kappa shape index (κ1) is 18.1. The van der Waals surface area contributed by atoms with E-state index in [4.69, 9.17) is 4.74 Å². The molecule has 1 heterocycles. The molecule has 2 aromatic carbocycles. The number of para-hydroxylation sites is 2. The van der Waals surface area contributed by atoms with Gasteiger partial charge in [-0.2, -0.15) is 0 Å². The molecule has 0 bridgehead atoms. The highest BCUT2D eigenvalue weighted by Crippen LogP contribution is 2.30. The number of hydrogen-bond acceptors (Lipinski definition) is 5. The van der Waals surface area contributed by atoms with E-state index in [1.807, 2.05) is 12.1 Å². The van der Waals surface area contributed by atoms with E-state index in [1.165, 1.54) is 13.3 Å². The van der Waals surface area contributed by atoms with Crippen molar-refractivity contribution in [3.8, 4) is 5.75 Å². The SMILES string of the molecule is COc1ccccc1N1C(=O)NC(=O)[C@H](C=Nc2ccc(I)cc2)C1=O. The smallest absolute Gasteiger partial charge is 0.335 e. The number of nitrogens with one attached hydrogen (secondary N) is 1. The van der Waals surface area contributed by atoms with Crippen molar-refractivity contribution in [3.63, 3.8) is 0 Å². The molecule has 1 fully saturated rings. The highest BCUT2D eigenvalue weighted by molar-refractivity contribution is 14.1. The maximum Gasteiger partial charge on any atom is 0.335 e. The van der Waals surface area contributed by atoms with Crippen molar-refractivity contribution in [1.82, 2.24) is 5.32 Å². The summed E-state index contributed by atoms with van der Waals surface area (Å²) >= 11 is 2.17. The first-order valence-corrected chi connectivity index (χ1v) is 8.70. The van der Waals surface area contributed by atoms with Gasteiger partial charge in [0.1, 0.15) is 5.75 Å². The molecule has 0 saturated carbocycles. The molecular formula is C18H14IN3O4. The molecule has 4 amide bonds. The van der Waals surface area contributed by atoms with Crippen LogP contribution >= 0.6 is 22.6 Å². The summed E-state index contributed by atoms with van der Waals surface area (Å²) in [4.78, 5) is 42.2. The lowest BCUT2D eigenvalue weighted by Gasteiger charge is -2.29. The molecule has 1 saturated heterocycles. The fraction of sp³-hybridized carbons (Fsp3) is 0.111. The lowest BCUT2D eigenvalue weighted by molar-refractivity contribution is -0.131. The highest BCUT2D eigenvalue weighted by atomic mass is 127. The Morgan fingerprint density at radius 2 is 1.81 bits per heavy atom. The van der Waals surface area contributed by atoms with Crippen molar-refractivity contribution in [3.05, 3.63) is 52.1 Å². The quantitative estimate of drug-likeness (QED) is 0.429. The van der Waals surface area contributed by atoms with E-state index in [0.717, 1.165) is 8.47 Å². The maximum atomic E-state index is 12.8. The number of urea groups is 1. The Labute approximate surface area is 163 Å². The summed E-state index contributed by atoms with van der Waals surface area (Å²) in [5.74, 6) is -2.26. The lowest BCUT2D eigenvalue weighted by atomic mass is 10.1. The molecular weight excluding hydrogens is 449 g/mol. The number of barbiturate groups is 1. The normalized spacial score (nSPS) is 17.5. The molecule has 0 radical (unpaired) electrons. The minimum atomic E-state index is -1.21. The Morgan fingerprint density at radius 3 is 2.50 bits per heavy atom. The highest BCUT2D eigenvalue weighted by Gasteiger charge is 2.41. The number of methoxy groups -OCH3 is 1. The molecule has 1 aliphatic heterocycles. The predicted octanol–water partition coefficient (Wildman–Crippen LogP) is 2.90. The van der Waals surface area contributed by atoms with Gasteiger partial charge < -0.3 is 4.74 Å². The van der Waals surface area contributed by atoms with Gasteiger partial charge in [-0.05, 0) is 59.0 Å². The Bertz CT molecular complexity index is 896. The Balaban J connectivity index is 1.91. The van der Waals surface area contributed by atoms with Gasteiger partial charge in [0.05, 0.1) is 18.5 Å². The second kappa shape index (κ2) is 7.65. The molecule has 1 atom stereocenters. The Kier molecular flexibility index (Phi) is 5.31. The first-order chi connectivity index (χ1) is 12.5. The number of anilines is 1. The van der Waals surface area contributed by atoms with E-state index in [9.17, 15) is 14.4 Å². The minimum Gasteiger partial charge on any atom is -0.495 e. The zero-order valence-corrected chi connectivity index (χ0v) is 15.8.